The zero-order valence-corrected chi connectivity index (χ0v) is 10.1. The Morgan fingerprint density at radius 2 is 1.73 bits per heavy atom. The van der Waals surface area contributed by atoms with Gasteiger partial charge in [0.2, 0.25) is 5.85 Å². The zero-order valence-electron chi connectivity index (χ0n) is 8.42. The van der Waals surface area contributed by atoms with Gasteiger partial charge in [0.05, 0.1) is 11.9 Å². The van der Waals surface area contributed by atoms with Crippen molar-refractivity contribution in [1.29, 1.82) is 0 Å². The quantitative estimate of drug-likeness (QED) is 0.752. The molecule has 0 spiro atoms. The molecule has 0 saturated carbocycles. The van der Waals surface area contributed by atoms with Gasteiger partial charge in [-0.05, 0) is 5.56 Å². The highest BCUT2D eigenvalue weighted by Crippen LogP contribution is 2.60. The highest BCUT2D eigenvalue weighted by atomic mass is 35.5. The third-order valence-corrected chi connectivity index (χ3v) is 4.26. The van der Waals surface area contributed by atoms with Crippen molar-refractivity contribution in [2.24, 2.45) is 0 Å². The lowest BCUT2D eigenvalue weighted by Crippen LogP contribution is -2.03. The molecule has 0 amide bonds. The van der Waals surface area contributed by atoms with E-state index < -0.39 is 13.4 Å². The average Bonchev–Trinajstić information content (AvgIpc) is 2.31. The molecule has 1 atom stereocenters. The van der Waals surface area contributed by atoms with E-state index in [0.717, 1.165) is 0 Å². The summed E-state index contributed by atoms with van der Waals surface area (Å²) in [5, 5.41) is 0. The molecule has 0 aliphatic carbocycles. The predicted molar refractivity (Wildman–Crippen MR) is 57.7 cm³/mol. The average molecular weight is 251 g/mol. The van der Waals surface area contributed by atoms with Crippen molar-refractivity contribution in [3.63, 3.8) is 0 Å². The highest BCUT2D eigenvalue weighted by molar-refractivity contribution is 7.54. The van der Waals surface area contributed by atoms with Crippen LogP contribution in [-0.2, 0) is 17.9 Å². The van der Waals surface area contributed by atoms with Gasteiger partial charge in [0.15, 0.2) is 0 Å². The molecule has 15 heavy (non-hydrogen) atoms. The fourth-order valence-corrected chi connectivity index (χ4v) is 2.73. The summed E-state index contributed by atoms with van der Waals surface area (Å²) in [4.78, 5) is 0. The minimum Gasteiger partial charge on any atom is -0.310 e. The summed E-state index contributed by atoms with van der Waals surface area (Å²) in [5.41, 5.74) is 0.638. The molecular weight excluding hydrogens is 239 g/mol. The van der Waals surface area contributed by atoms with E-state index in [1.54, 1.807) is 24.3 Å². The smallest absolute Gasteiger partial charge is 0.310 e. The van der Waals surface area contributed by atoms with Crippen LogP contribution in [0.1, 0.15) is 11.4 Å². The summed E-state index contributed by atoms with van der Waals surface area (Å²) in [7, 11) is -0.792. The summed E-state index contributed by atoms with van der Waals surface area (Å²) < 4.78 is 26.3. The van der Waals surface area contributed by atoms with E-state index in [2.05, 4.69) is 4.29 Å². The first-order valence-corrected chi connectivity index (χ1v) is 6.13. The second-order valence-electron chi connectivity index (χ2n) is 2.76. The topological polar surface area (TPSA) is 44.8 Å². The molecule has 0 radical (unpaired) electrons. The first-order chi connectivity index (χ1) is 7.18. The van der Waals surface area contributed by atoms with Crippen molar-refractivity contribution >= 4 is 19.5 Å². The van der Waals surface area contributed by atoms with Crippen molar-refractivity contribution in [1.82, 2.24) is 0 Å². The molecule has 1 rings (SSSR count). The van der Waals surface area contributed by atoms with Crippen molar-refractivity contribution in [2.45, 2.75) is 5.85 Å². The van der Waals surface area contributed by atoms with Crippen molar-refractivity contribution < 1.29 is 17.9 Å². The second-order valence-corrected chi connectivity index (χ2v) is 5.21. The third kappa shape index (κ3) is 2.80. The molecule has 0 fully saturated rings. The predicted octanol–water partition coefficient (Wildman–Crippen LogP) is 3.34. The molecule has 0 unspecified atom stereocenters. The molecule has 0 aromatic heterocycles. The van der Waals surface area contributed by atoms with Crippen molar-refractivity contribution in [2.75, 3.05) is 14.2 Å². The summed E-state index contributed by atoms with van der Waals surface area (Å²) >= 11 is 5.31. The number of hydrogen-bond acceptors (Lipinski definition) is 4. The molecule has 0 saturated heterocycles. The van der Waals surface area contributed by atoms with Gasteiger partial charge in [0, 0.05) is 14.2 Å². The summed E-state index contributed by atoms with van der Waals surface area (Å²) in [6.07, 6.45) is 0. The molecule has 1 aromatic rings. The lowest BCUT2D eigenvalue weighted by Gasteiger charge is -2.21. The number of hydrogen-bond donors (Lipinski definition) is 0. The van der Waals surface area contributed by atoms with Gasteiger partial charge in [-0.15, -0.1) is 0 Å². The van der Waals surface area contributed by atoms with Gasteiger partial charge in [0.1, 0.15) is 0 Å². The van der Waals surface area contributed by atoms with Crippen LogP contribution in [0, 0.1) is 0 Å². The largest absolute Gasteiger partial charge is 0.365 e. The number of benzene rings is 1. The van der Waals surface area contributed by atoms with Crippen LogP contribution >= 0.6 is 19.5 Å². The van der Waals surface area contributed by atoms with E-state index in [1.807, 2.05) is 6.07 Å². The van der Waals surface area contributed by atoms with Crippen molar-refractivity contribution in [3.05, 3.63) is 35.9 Å². The van der Waals surface area contributed by atoms with Gasteiger partial charge in [0.25, 0.3) is 0 Å². The Kier molecular flexibility index (Phi) is 4.77. The van der Waals surface area contributed by atoms with E-state index in [9.17, 15) is 4.57 Å². The molecule has 0 N–H and O–H groups in total. The molecule has 0 bridgehead atoms. The molecule has 1 aromatic carbocycles. The Morgan fingerprint density at radius 1 is 1.20 bits per heavy atom. The summed E-state index contributed by atoms with van der Waals surface area (Å²) in [6.45, 7) is 0. The first kappa shape index (κ1) is 12.7. The van der Waals surface area contributed by atoms with Crippen molar-refractivity contribution in [3.8, 4) is 0 Å². The Balaban J connectivity index is 3.04. The summed E-state index contributed by atoms with van der Waals surface area (Å²) in [5.74, 6) is -0.921. The Labute approximate surface area is 93.8 Å². The lowest BCUT2D eigenvalue weighted by atomic mass is 10.2. The maximum atomic E-state index is 12.0. The molecule has 84 valence electrons. The Bertz CT molecular complexity index is 335. The Hall–Kier alpha value is -0.380. The Morgan fingerprint density at radius 3 is 2.13 bits per heavy atom. The van der Waals surface area contributed by atoms with Gasteiger partial charge in [-0.25, -0.2) is 0 Å². The van der Waals surface area contributed by atoms with Crippen LogP contribution in [0.4, 0.5) is 0 Å². The van der Waals surface area contributed by atoms with Gasteiger partial charge in [-0.3, -0.25) is 8.85 Å². The van der Waals surface area contributed by atoms with Crippen LogP contribution in [0.5, 0.6) is 0 Å². The minimum absolute atomic E-state index is 0.638. The van der Waals surface area contributed by atoms with Crippen LogP contribution in [0.25, 0.3) is 0 Å². The monoisotopic (exact) mass is 250 g/mol. The molecule has 0 heterocycles. The normalized spacial score (nSPS) is 13.8. The van der Waals surface area contributed by atoms with E-state index in [-0.39, 0.29) is 0 Å². The second kappa shape index (κ2) is 5.64. The third-order valence-electron chi connectivity index (χ3n) is 1.97. The molecule has 0 aliphatic rings. The zero-order chi connectivity index (χ0) is 11.3. The number of halogens is 1. The maximum absolute atomic E-state index is 12.0. The summed E-state index contributed by atoms with van der Waals surface area (Å²) in [6, 6.07) is 8.87. The SMILES string of the molecule is COP(=O)(OC)[C@H](OCl)c1ccccc1. The minimum atomic E-state index is -3.37. The fourth-order valence-electron chi connectivity index (χ4n) is 1.17. The van der Waals surface area contributed by atoms with Gasteiger partial charge in [-0.1, -0.05) is 30.3 Å². The van der Waals surface area contributed by atoms with Gasteiger partial charge < -0.3 is 9.05 Å². The van der Waals surface area contributed by atoms with Crippen LogP contribution in [0.15, 0.2) is 30.3 Å². The van der Waals surface area contributed by atoms with E-state index >= 15 is 0 Å². The standard InChI is InChI=1S/C9H12ClO4P/c1-12-15(11,13-2)9(14-10)8-6-4-3-5-7-8/h3-7,9H,1-2H3/t9-/m0/s1. The van der Waals surface area contributed by atoms with E-state index in [0.29, 0.717) is 5.56 Å². The van der Waals surface area contributed by atoms with Crippen LogP contribution in [-0.4, -0.2) is 14.2 Å². The van der Waals surface area contributed by atoms with E-state index in [4.69, 9.17) is 20.9 Å². The number of rotatable bonds is 5. The first-order valence-electron chi connectivity index (χ1n) is 4.21. The van der Waals surface area contributed by atoms with Gasteiger partial charge >= 0.3 is 7.60 Å². The molecular formula is C9H12ClO4P. The molecule has 0 aliphatic heterocycles. The highest BCUT2D eigenvalue weighted by Gasteiger charge is 2.36. The lowest BCUT2D eigenvalue weighted by molar-refractivity contribution is 0.202. The molecule has 6 heteroatoms. The molecule has 4 nitrogen and oxygen atoms in total. The van der Waals surface area contributed by atoms with Crippen LogP contribution < -0.4 is 0 Å². The van der Waals surface area contributed by atoms with Crippen LogP contribution in [0.3, 0.4) is 0 Å². The van der Waals surface area contributed by atoms with Gasteiger partial charge in [-0.2, -0.15) is 0 Å². The van der Waals surface area contributed by atoms with Crippen LogP contribution in [0.2, 0.25) is 0 Å². The maximum Gasteiger partial charge on any atom is 0.365 e. The fraction of sp³-hybridized carbons (Fsp3) is 0.333. The van der Waals surface area contributed by atoms with E-state index in [1.165, 1.54) is 14.2 Å².